The van der Waals surface area contributed by atoms with E-state index in [1.54, 1.807) is 0 Å². The average Bonchev–Trinajstić information content (AvgIpc) is 3.10. The molecule has 0 heterocycles. The van der Waals surface area contributed by atoms with Crippen molar-refractivity contribution in [2.24, 2.45) is 0 Å². The van der Waals surface area contributed by atoms with Crippen LogP contribution in [0.1, 0.15) is 239 Å². The highest BCUT2D eigenvalue weighted by Gasteiger charge is 2.26. The van der Waals surface area contributed by atoms with Crippen molar-refractivity contribution in [1.82, 2.24) is 5.32 Å². The summed E-state index contributed by atoms with van der Waals surface area (Å²) in [5, 5.41) is 33.4. The Kier molecular flexibility index (Phi) is 39.1. The van der Waals surface area contributed by atoms with Crippen molar-refractivity contribution in [1.29, 1.82) is 0 Å². The van der Waals surface area contributed by atoms with Crippen LogP contribution in [0.5, 0.6) is 0 Å². The lowest BCUT2D eigenvalue weighted by molar-refractivity contribution is -0.124. The smallest absolute Gasteiger partial charge is 0.220 e. The van der Waals surface area contributed by atoms with Gasteiger partial charge in [-0.05, 0) is 38.5 Å². The van der Waals surface area contributed by atoms with Crippen LogP contribution in [0.15, 0.2) is 12.2 Å². The van der Waals surface area contributed by atoms with Crippen LogP contribution in [0.25, 0.3) is 0 Å². The first kappa shape index (κ1) is 48.1. The Morgan fingerprint density at radius 2 is 0.816 bits per heavy atom. The van der Waals surface area contributed by atoms with E-state index >= 15 is 0 Å². The molecular weight excluding hydrogens is 606 g/mol. The molecule has 0 aliphatic carbocycles. The first-order valence-electron chi connectivity index (χ1n) is 22.0. The van der Waals surface area contributed by atoms with Crippen molar-refractivity contribution in [3.63, 3.8) is 0 Å². The predicted molar refractivity (Wildman–Crippen MR) is 213 cm³/mol. The average molecular weight is 694 g/mol. The summed E-state index contributed by atoms with van der Waals surface area (Å²) in [5.74, 6) is -0.151. The molecule has 1 amide bonds. The lowest BCUT2D eigenvalue weighted by Crippen LogP contribution is -2.50. The third-order valence-corrected chi connectivity index (χ3v) is 10.4. The van der Waals surface area contributed by atoms with E-state index in [0.29, 0.717) is 12.8 Å². The minimum Gasteiger partial charge on any atom is -0.394 e. The first-order valence-corrected chi connectivity index (χ1v) is 22.0. The zero-order chi connectivity index (χ0) is 35.9. The Balaban J connectivity index is 3.55. The van der Waals surface area contributed by atoms with Gasteiger partial charge in [0.25, 0.3) is 0 Å². The SMILES string of the molecule is CCCCCCCC/C=C/CCCC(O)C(O)C(CO)NC(=O)CCCCCCCCCCCCCCCCCCCCCCCCCC. The molecule has 3 atom stereocenters. The first-order chi connectivity index (χ1) is 24.1. The fourth-order valence-electron chi connectivity index (χ4n) is 6.93. The number of carbonyl (C=O) groups excluding carboxylic acids is 1. The van der Waals surface area contributed by atoms with E-state index in [1.165, 1.54) is 173 Å². The second-order valence-corrected chi connectivity index (χ2v) is 15.3. The number of aliphatic hydroxyl groups is 3. The van der Waals surface area contributed by atoms with Gasteiger partial charge in [-0.15, -0.1) is 0 Å². The van der Waals surface area contributed by atoms with Gasteiger partial charge in [-0.3, -0.25) is 4.79 Å². The fraction of sp³-hybridized carbons (Fsp3) is 0.932. The van der Waals surface area contributed by atoms with Gasteiger partial charge >= 0.3 is 0 Å². The summed E-state index contributed by atoms with van der Waals surface area (Å²) in [4.78, 5) is 12.4. The molecular formula is C44H87NO4. The topological polar surface area (TPSA) is 89.8 Å². The number of hydrogen-bond acceptors (Lipinski definition) is 4. The van der Waals surface area contributed by atoms with Crippen LogP contribution in [-0.4, -0.2) is 46.1 Å². The highest BCUT2D eigenvalue weighted by atomic mass is 16.3. The third-order valence-electron chi connectivity index (χ3n) is 10.4. The normalized spacial score (nSPS) is 13.7. The second-order valence-electron chi connectivity index (χ2n) is 15.3. The van der Waals surface area contributed by atoms with E-state index in [0.717, 1.165) is 38.5 Å². The van der Waals surface area contributed by atoms with E-state index in [2.05, 4.69) is 31.3 Å². The molecule has 0 aromatic rings. The zero-order valence-corrected chi connectivity index (χ0v) is 33.1. The Morgan fingerprint density at radius 1 is 0.490 bits per heavy atom. The van der Waals surface area contributed by atoms with Gasteiger partial charge in [0.15, 0.2) is 0 Å². The minimum absolute atomic E-state index is 0.151. The molecule has 0 aromatic heterocycles. The molecule has 0 bridgehead atoms. The van der Waals surface area contributed by atoms with Crippen LogP contribution in [0.4, 0.5) is 0 Å². The maximum absolute atomic E-state index is 12.4. The van der Waals surface area contributed by atoms with Crippen molar-refractivity contribution in [3.8, 4) is 0 Å². The van der Waals surface area contributed by atoms with Crippen molar-refractivity contribution in [3.05, 3.63) is 12.2 Å². The lowest BCUT2D eigenvalue weighted by atomic mass is 10.0. The zero-order valence-electron chi connectivity index (χ0n) is 33.1. The Labute approximate surface area is 306 Å². The van der Waals surface area contributed by atoms with Gasteiger partial charge in [-0.2, -0.15) is 0 Å². The molecule has 0 fully saturated rings. The van der Waals surface area contributed by atoms with E-state index in [1.807, 2.05) is 0 Å². The molecule has 292 valence electrons. The monoisotopic (exact) mass is 694 g/mol. The van der Waals surface area contributed by atoms with Gasteiger partial charge in [-0.25, -0.2) is 0 Å². The van der Waals surface area contributed by atoms with Gasteiger partial charge in [0, 0.05) is 6.42 Å². The third kappa shape index (κ3) is 35.3. The van der Waals surface area contributed by atoms with Gasteiger partial charge in [0.05, 0.1) is 18.8 Å². The maximum Gasteiger partial charge on any atom is 0.220 e. The van der Waals surface area contributed by atoms with Crippen molar-refractivity contribution in [2.45, 2.75) is 257 Å². The number of aliphatic hydroxyl groups excluding tert-OH is 3. The molecule has 0 saturated heterocycles. The number of nitrogens with one attached hydrogen (secondary N) is 1. The molecule has 0 spiro atoms. The van der Waals surface area contributed by atoms with Crippen LogP contribution in [0.2, 0.25) is 0 Å². The predicted octanol–water partition coefficient (Wildman–Crippen LogP) is 12.4. The van der Waals surface area contributed by atoms with Crippen LogP contribution in [-0.2, 0) is 4.79 Å². The maximum atomic E-state index is 12.4. The standard InChI is InChI=1S/C44H87NO4/c1-3-5-7-9-11-13-15-16-17-18-19-20-21-22-23-24-25-26-27-29-31-33-35-37-39-43(48)45-41(40-46)44(49)42(47)38-36-34-32-30-28-14-12-10-8-6-4-2/h30,32,41-42,44,46-47,49H,3-29,31,33-40H2,1-2H3,(H,45,48)/b32-30+. The Hall–Kier alpha value is -0.910. The van der Waals surface area contributed by atoms with Crippen molar-refractivity contribution in [2.75, 3.05) is 6.61 Å². The summed E-state index contributed by atoms with van der Waals surface area (Å²) >= 11 is 0. The largest absolute Gasteiger partial charge is 0.394 e. The highest BCUT2D eigenvalue weighted by Crippen LogP contribution is 2.16. The van der Waals surface area contributed by atoms with Gasteiger partial charge < -0.3 is 20.6 Å². The number of unbranched alkanes of at least 4 members (excludes halogenated alkanes) is 30. The molecule has 0 saturated carbocycles. The molecule has 49 heavy (non-hydrogen) atoms. The summed E-state index contributed by atoms with van der Waals surface area (Å²) in [6.45, 7) is 4.16. The number of amides is 1. The van der Waals surface area contributed by atoms with E-state index in [4.69, 9.17) is 0 Å². The quantitative estimate of drug-likeness (QED) is 0.0380. The molecule has 5 heteroatoms. The molecule has 0 aliphatic heterocycles. The Bertz CT molecular complexity index is 684. The summed E-state index contributed by atoms with van der Waals surface area (Å²) < 4.78 is 0. The summed E-state index contributed by atoms with van der Waals surface area (Å²) in [5.41, 5.74) is 0. The summed E-state index contributed by atoms with van der Waals surface area (Å²) in [6.07, 6.45) is 46.2. The van der Waals surface area contributed by atoms with E-state index in [9.17, 15) is 20.1 Å². The molecule has 0 aromatic carbocycles. The molecule has 4 N–H and O–H groups in total. The van der Waals surface area contributed by atoms with Gasteiger partial charge in [-0.1, -0.05) is 206 Å². The van der Waals surface area contributed by atoms with Crippen molar-refractivity contribution >= 4 is 5.91 Å². The number of carbonyl (C=O) groups is 1. The van der Waals surface area contributed by atoms with E-state index < -0.39 is 18.2 Å². The number of allylic oxidation sites excluding steroid dienone is 2. The second kappa shape index (κ2) is 39.9. The van der Waals surface area contributed by atoms with E-state index in [-0.39, 0.29) is 12.5 Å². The fourth-order valence-corrected chi connectivity index (χ4v) is 6.93. The molecule has 0 rings (SSSR count). The molecule has 5 nitrogen and oxygen atoms in total. The Morgan fingerprint density at radius 3 is 1.18 bits per heavy atom. The molecule has 0 radical (unpaired) electrons. The van der Waals surface area contributed by atoms with Gasteiger partial charge in [0.1, 0.15) is 6.10 Å². The van der Waals surface area contributed by atoms with Crippen molar-refractivity contribution < 1.29 is 20.1 Å². The lowest BCUT2D eigenvalue weighted by Gasteiger charge is -2.26. The van der Waals surface area contributed by atoms with Crippen LogP contribution < -0.4 is 5.32 Å². The van der Waals surface area contributed by atoms with Crippen LogP contribution in [0, 0.1) is 0 Å². The summed E-state index contributed by atoms with van der Waals surface area (Å²) in [7, 11) is 0. The van der Waals surface area contributed by atoms with Crippen LogP contribution >= 0.6 is 0 Å². The highest BCUT2D eigenvalue weighted by molar-refractivity contribution is 5.76. The van der Waals surface area contributed by atoms with Crippen LogP contribution in [0.3, 0.4) is 0 Å². The van der Waals surface area contributed by atoms with Gasteiger partial charge in [0.2, 0.25) is 5.91 Å². The number of hydrogen-bond donors (Lipinski definition) is 4. The summed E-state index contributed by atoms with van der Waals surface area (Å²) in [6, 6.07) is -0.819. The molecule has 0 aliphatic rings. The molecule has 3 unspecified atom stereocenters. The minimum atomic E-state index is -1.15. The number of rotatable bonds is 40.